The van der Waals surface area contributed by atoms with Crippen LogP contribution in [0, 0.1) is 0 Å². The van der Waals surface area contributed by atoms with Crippen LogP contribution in [-0.4, -0.2) is 48.1 Å². The molecule has 2 heterocycles. The molecule has 0 saturated carbocycles. The second-order valence-corrected chi connectivity index (χ2v) is 4.81. The fourth-order valence-electron chi connectivity index (χ4n) is 2.63. The number of piperazine rings is 1. The van der Waals surface area contributed by atoms with E-state index in [-0.39, 0.29) is 36.5 Å². The molecule has 17 heavy (non-hydrogen) atoms. The lowest BCUT2D eigenvalue weighted by molar-refractivity contribution is -0.147. The summed E-state index contributed by atoms with van der Waals surface area (Å²) in [6.07, 6.45) is 2.47. The third-order valence-electron chi connectivity index (χ3n) is 3.54. The van der Waals surface area contributed by atoms with E-state index in [2.05, 4.69) is 5.32 Å². The van der Waals surface area contributed by atoms with E-state index in [1.807, 2.05) is 13.8 Å². The van der Waals surface area contributed by atoms with E-state index >= 15 is 0 Å². The van der Waals surface area contributed by atoms with Crippen molar-refractivity contribution >= 4 is 11.8 Å². The number of hydrogen-bond acceptors (Lipinski definition) is 3. The van der Waals surface area contributed by atoms with Crippen LogP contribution >= 0.6 is 0 Å². The second-order valence-electron chi connectivity index (χ2n) is 4.81. The van der Waals surface area contributed by atoms with Crippen molar-refractivity contribution in [3.8, 4) is 0 Å². The van der Waals surface area contributed by atoms with Gasteiger partial charge in [-0.1, -0.05) is 13.3 Å². The molecule has 0 spiro atoms. The summed E-state index contributed by atoms with van der Waals surface area (Å²) in [5, 5.41) is 2.76. The molecule has 0 radical (unpaired) electrons. The zero-order valence-corrected chi connectivity index (χ0v) is 10.4. The monoisotopic (exact) mass is 240 g/mol. The number of rotatable bonds is 3. The van der Waals surface area contributed by atoms with Crippen LogP contribution in [0.15, 0.2) is 0 Å². The van der Waals surface area contributed by atoms with Crippen LogP contribution in [0.2, 0.25) is 0 Å². The van der Waals surface area contributed by atoms with Gasteiger partial charge in [0.05, 0.1) is 12.1 Å². The molecule has 1 N–H and O–H groups in total. The highest BCUT2D eigenvalue weighted by atomic mass is 16.5. The Bertz CT molecular complexity index is 319. The third-order valence-corrected chi connectivity index (χ3v) is 3.54. The maximum Gasteiger partial charge on any atom is 0.245 e. The topological polar surface area (TPSA) is 58.6 Å². The van der Waals surface area contributed by atoms with Gasteiger partial charge in [-0.2, -0.15) is 0 Å². The Morgan fingerprint density at radius 1 is 1.47 bits per heavy atom. The van der Waals surface area contributed by atoms with E-state index in [0.29, 0.717) is 13.0 Å². The van der Waals surface area contributed by atoms with E-state index in [4.69, 9.17) is 4.74 Å². The predicted octanol–water partition coefficient (Wildman–Crippen LogP) is 0.291. The summed E-state index contributed by atoms with van der Waals surface area (Å²) in [5.74, 6) is -0.00375. The van der Waals surface area contributed by atoms with Crippen molar-refractivity contribution in [2.24, 2.45) is 0 Å². The van der Waals surface area contributed by atoms with Crippen molar-refractivity contribution < 1.29 is 14.3 Å². The molecule has 2 rings (SSSR count). The van der Waals surface area contributed by atoms with Gasteiger partial charge in [-0.25, -0.2) is 0 Å². The first-order valence-electron chi connectivity index (χ1n) is 6.35. The molecule has 3 atom stereocenters. The van der Waals surface area contributed by atoms with Crippen molar-refractivity contribution in [3.05, 3.63) is 0 Å². The molecule has 2 amide bonds. The number of nitrogens with zero attached hydrogens (tertiary/aromatic N) is 1. The molecule has 0 aromatic rings. The quantitative estimate of drug-likeness (QED) is 0.771. The van der Waals surface area contributed by atoms with E-state index < -0.39 is 0 Å². The number of hydrogen-bond donors (Lipinski definition) is 1. The standard InChI is InChI=1S/C12H20N2O3/c1-3-4-9-12(16)14(7-11(15)13-9)10-5-6-17-8(10)2/h8-10H,3-7H2,1-2H3,(H,13,15). The van der Waals surface area contributed by atoms with Crippen molar-refractivity contribution in [1.82, 2.24) is 10.2 Å². The highest BCUT2D eigenvalue weighted by Crippen LogP contribution is 2.22. The summed E-state index contributed by atoms with van der Waals surface area (Å²) in [6.45, 7) is 4.83. The Morgan fingerprint density at radius 2 is 2.24 bits per heavy atom. The average Bonchev–Trinajstić information content (AvgIpc) is 2.70. The summed E-state index contributed by atoms with van der Waals surface area (Å²) in [6, 6.07) is -0.276. The number of ether oxygens (including phenoxy) is 1. The minimum absolute atomic E-state index is 0.0344. The van der Waals surface area contributed by atoms with Crippen LogP contribution in [0.1, 0.15) is 33.1 Å². The van der Waals surface area contributed by atoms with Gasteiger partial charge >= 0.3 is 0 Å². The Balaban J connectivity index is 2.09. The molecule has 2 aliphatic rings. The van der Waals surface area contributed by atoms with Crippen molar-refractivity contribution in [2.45, 2.75) is 51.3 Å². The van der Waals surface area contributed by atoms with Gasteiger partial charge in [0.2, 0.25) is 11.8 Å². The Labute approximate surface area is 101 Å². The molecule has 0 aromatic heterocycles. The zero-order valence-electron chi connectivity index (χ0n) is 10.4. The zero-order chi connectivity index (χ0) is 12.4. The molecule has 0 bridgehead atoms. The van der Waals surface area contributed by atoms with Crippen molar-refractivity contribution in [3.63, 3.8) is 0 Å². The second kappa shape index (κ2) is 5.04. The van der Waals surface area contributed by atoms with Crippen LogP contribution in [0.5, 0.6) is 0 Å². The molecule has 2 saturated heterocycles. The summed E-state index contributed by atoms with van der Waals surface area (Å²) in [7, 11) is 0. The van der Waals surface area contributed by atoms with Crippen molar-refractivity contribution in [1.29, 1.82) is 0 Å². The largest absolute Gasteiger partial charge is 0.376 e. The first-order valence-corrected chi connectivity index (χ1v) is 6.35. The molecular weight excluding hydrogens is 220 g/mol. The summed E-state index contributed by atoms with van der Waals surface area (Å²) >= 11 is 0. The highest BCUT2D eigenvalue weighted by molar-refractivity contribution is 5.95. The van der Waals surface area contributed by atoms with E-state index in [0.717, 1.165) is 12.8 Å². The lowest BCUT2D eigenvalue weighted by Crippen LogP contribution is -2.61. The van der Waals surface area contributed by atoms with E-state index in [1.165, 1.54) is 0 Å². The fourth-order valence-corrected chi connectivity index (χ4v) is 2.63. The molecule has 5 heteroatoms. The summed E-state index contributed by atoms with van der Waals surface area (Å²) in [5.41, 5.74) is 0. The van der Waals surface area contributed by atoms with Gasteiger partial charge in [0.1, 0.15) is 12.6 Å². The van der Waals surface area contributed by atoms with Gasteiger partial charge in [0.25, 0.3) is 0 Å². The average molecular weight is 240 g/mol. The van der Waals surface area contributed by atoms with Gasteiger partial charge in [-0.3, -0.25) is 9.59 Å². The Hall–Kier alpha value is -1.10. The maximum atomic E-state index is 12.2. The minimum atomic E-state index is -0.339. The SMILES string of the molecule is CCCC1NC(=O)CN(C2CCOC2C)C1=O. The Kier molecular flexibility index (Phi) is 3.66. The van der Waals surface area contributed by atoms with Crippen LogP contribution in [0.25, 0.3) is 0 Å². The lowest BCUT2D eigenvalue weighted by Gasteiger charge is -2.37. The van der Waals surface area contributed by atoms with Gasteiger partial charge in [-0.05, 0) is 19.8 Å². The summed E-state index contributed by atoms with van der Waals surface area (Å²) in [4.78, 5) is 25.6. The first-order chi connectivity index (χ1) is 8.13. The molecule has 96 valence electrons. The van der Waals surface area contributed by atoms with Crippen molar-refractivity contribution in [2.75, 3.05) is 13.2 Å². The molecule has 0 aromatic carbocycles. The van der Waals surface area contributed by atoms with E-state index in [9.17, 15) is 9.59 Å². The normalized spacial score (nSPS) is 34.0. The van der Waals surface area contributed by atoms with Gasteiger partial charge in [0, 0.05) is 6.61 Å². The van der Waals surface area contributed by atoms with Gasteiger partial charge in [0.15, 0.2) is 0 Å². The van der Waals surface area contributed by atoms with E-state index in [1.54, 1.807) is 4.90 Å². The molecule has 0 aliphatic carbocycles. The predicted molar refractivity (Wildman–Crippen MR) is 62.4 cm³/mol. The minimum Gasteiger partial charge on any atom is -0.376 e. The molecular formula is C12H20N2O3. The smallest absolute Gasteiger partial charge is 0.245 e. The Morgan fingerprint density at radius 3 is 2.82 bits per heavy atom. The van der Waals surface area contributed by atoms with Crippen LogP contribution in [0.3, 0.4) is 0 Å². The van der Waals surface area contributed by atoms with Crippen LogP contribution < -0.4 is 5.32 Å². The molecule has 2 aliphatic heterocycles. The number of nitrogens with one attached hydrogen (secondary N) is 1. The number of carbonyl (C=O) groups excluding carboxylic acids is 2. The van der Waals surface area contributed by atoms with Crippen LogP contribution in [-0.2, 0) is 14.3 Å². The number of carbonyl (C=O) groups is 2. The first kappa shape index (κ1) is 12.4. The van der Waals surface area contributed by atoms with Crippen LogP contribution in [0.4, 0.5) is 0 Å². The molecule has 3 unspecified atom stereocenters. The fraction of sp³-hybridized carbons (Fsp3) is 0.833. The maximum absolute atomic E-state index is 12.2. The van der Waals surface area contributed by atoms with Gasteiger partial charge in [-0.15, -0.1) is 0 Å². The third kappa shape index (κ3) is 2.44. The van der Waals surface area contributed by atoms with Gasteiger partial charge < -0.3 is 15.0 Å². The number of amides is 2. The lowest BCUT2D eigenvalue weighted by atomic mass is 10.0. The molecule has 5 nitrogen and oxygen atoms in total. The molecule has 2 fully saturated rings. The summed E-state index contributed by atoms with van der Waals surface area (Å²) < 4.78 is 5.47. The highest BCUT2D eigenvalue weighted by Gasteiger charge is 2.40.